The first-order valence-corrected chi connectivity index (χ1v) is 14.0. The quantitative estimate of drug-likeness (QED) is 0.220. The van der Waals surface area contributed by atoms with Crippen molar-refractivity contribution in [1.82, 2.24) is 9.55 Å². The lowest BCUT2D eigenvalue weighted by molar-refractivity contribution is -0.633. The SMILES string of the molecule is Cc1ccc2c(c1)n(-c1c(C(C)C)cc3c(sc4ccccc43)c1C(C)C)c(-c1cnccc1C)[n+]2C. The maximum absolute atomic E-state index is 4.55. The number of hydrogen-bond acceptors (Lipinski definition) is 2. The summed E-state index contributed by atoms with van der Waals surface area (Å²) in [6, 6.07) is 20.3. The summed E-state index contributed by atoms with van der Waals surface area (Å²) in [6.45, 7) is 13.7. The van der Waals surface area contributed by atoms with Crippen molar-refractivity contribution in [2.75, 3.05) is 0 Å². The zero-order chi connectivity index (χ0) is 26.0. The first-order chi connectivity index (χ1) is 17.8. The molecule has 0 saturated carbocycles. The summed E-state index contributed by atoms with van der Waals surface area (Å²) in [5.74, 6) is 1.90. The minimum atomic E-state index is 0.361. The molecule has 0 aliphatic heterocycles. The summed E-state index contributed by atoms with van der Waals surface area (Å²) in [5, 5.41) is 2.74. The highest BCUT2D eigenvalue weighted by Gasteiger charge is 2.33. The number of fused-ring (bicyclic) bond motifs is 4. The molecule has 37 heavy (non-hydrogen) atoms. The van der Waals surface area contributed by atoms with Crippen LogP contribution in [0.3, 0.4) is 0 Å². The Kier molecular flexibility index (Phi) is 5.68. The number of hydrogen-bond donors (Lipinski definition) is 0. The third kappa shape index (κ3) is 3.61. The smallest absolute Gasteiger partial charge is 0.264 e. The second-order valence-corrected chi connectivity index (χ2v) is 12.0. The molecule has 0 aliphatic rings. The number of pyridine rings is 1. The molecule has 0 fully saturated rings. The lowest BCUT2D eigenvalue weighted by atomic mass is 9.90. The molecular weight excluding hydrogens is 470 g/mol. The van der Waals surface area contributed by atoms with Gasteiger partial charge in [0.05, 0.1) is 12.6 Å². The Morgan fingerprint density at radius 3 is 2.41 bits per heavy atom. The largest absolute Gasteiger partial charge is 0.296 e. The van der Waals surface area contributed by atoms with Gasteiger partial charge in [0.15, 0.2) is 11.0 Å². The predicted octanol–water partition coefficient (Wildman–Crippen LogP) is 8.75. The second-order valence-electron chi connectivity index (χ2n) is 10.9. The van der Waals surface area contributed by atoms with E-state index in [2.05, 4.69) is 117 Å². The average molecular weight is 505 g/mol. The summed E-state index contributed by atoms with van der Waals surface area (Å²) in [5.41, 5.74) is 10.3. The lowest BCUT2D eigenvalue weighted by Gasteiger charge is -2.20. The minimum absolute atomic E-state index is 0.361. The van der Waals surface area contributed by atoms with E-state index in [0.29, 0.717) is 11.8 Å². The van der Waals surface area contributed by atoms with Gasteiger partial charge < -0.3 is 0 Å². The Morgan fingerprint density at radius 1 is 0.892 bits per heavy atom. The summed E-state index contributed by atoms with van der Waals surface area (Å²) in [7, 11) is 2.19. The van der Waals surface area contributed by atoms with Crippen LogP contribution in [0.25, 0.3) is 48.3 Å². The van der Waals surface area contributed by atoms with Gasteiger partial charge in [-0.2, -0.15) is 4.57 Å². The van der Waals surface area contributed by atoms with E-state index in [0.717, 1.165) is 0 Å². The second kappa shape index (κ2) is 8.81. The van der Waals surface area contributed by atoms with Gasteiger partial charge in [-0.05, 0) is 67.1 Å². The van der Waals surface area contributed by atoms with Crippen molar-refractivity contribution in [3.05, 3.63) is 89.2 Å². The van der Waals surface area contributed by atoms with E-state index in [1.807, 2.05) is 23.7 Å². The van der Waals surface area contributed by atoms with E-state index in [1.165, 1.54) is 70.5 Å². The molecule has 0 spiro atoms. The van der Waals surface area contributed by atoms with Gasteiger partial charge in [-0.15, -0.1) is 11.3 Å². The van der Waals surface area contributed by atoms with E-state index in [4.69, 9.17) is 0 Å². The first kappa shape index (κ1) is 23.9. The van der Waals surface area contributed by atoms with Crippen LogP contribution < -0.4 is 4.57 Å². The normalized spacial score (nSPS) is 12.1. The van der Waals surface area contributed by atoms with E-state index in [1.54, 1.807) is 0 Å². The highest BCUT2D eigenvalue weighted by Crippen LogP contribution is 2.46. The van der Waals surface area contributed by atoms with Crippen molar-refractivity contribution < 1.29 is 4.57 Å². The van der Waals surface area contributed by atoms with Gasteiger partial charge in [-0.25, -0.2) is 4.57 Å². The third-order valence-corrected chi connectivity index (χ3v) is 8.89. The molecule has 3 nitrogen and oxygen atoms in total. The van der Waals surface area contributed by atoms with Gasteiger partial charge >= 0.3 is 0 Å². The van der Waals surface area contributed by atoms with Crippen molar-refractivity contribution in [3.8, 4) is 17.1 Å². The number of nitrogens with zero attached hydrogens (tertiary/aromatic N) is 3. The molecule has 0 radical (unpaired) electrons. The Bertz CT molecular complexity index is 1820. The van der Waals surface area contributed by atoms with Crippen molar-refractivity contribution >= 4 is 42.5 Å². The number of rotatable bonds is 4. The Morgan fingerprint density at radius 2 is 1.68 bits per heavy atom. The van der Waals surface area contributed by atoms with Crippen LogP contribution in [0.5, 0.6) is 0 Å². The van der Waals surface area contributed by atoms with Crippen LogP contribution in [0.15, 0.2) is 67.0 Å². The average Bonchev–Trinajstić information content (AvgIpc) is 3.37. The molecule has 0 bridgehead atoms. The molecule has 0 aliphatic carbocycles. The maximum atomic E-state index is 4.55. The van der Waals surface area contributed by atoms with Gasteiger partial charge in [0.1, 0.15) is 5.69 Å². The van der Waals surface area contributed by atoms with E-state index < -0.39 is 0 Å². The molecule has 6 aromatic rings. The summed E-state index contributed by atoms with van der Waals surface area (Å²) in [6.07, 6.45) is 3.91. The fourth-order valence-corrected chi connectivity index (χ4v) is 7.20. The molecule has 186 valence electrons. The van der Waals surface area contributed by atoms with Crippen LogP contribution in [0.2, 0.25) is 0 Å². The molecule has 0 N–H and O–H groups in total. The fraction of sp³-hybridized carbons (Fsp3) is 0.273. The van der Waals surface area contributed by atoms with Crippen molar-refractivity contribution in [2.24, 2.45) is 7.05 Å². The number of benzene rings is 3. The van der Waals surface area contributed by atoms with Gasteiger partial charge in [0.25, 0.3) is 5.82 Å². The minimum Gasteiger partial charge on any atom is -0.264 e. The van der Waals surface area contributed by atoms with Crippen molar-refractivity contribution in [3.63, 3.8) is 0 Å². The Labute approximate surface area is 223 Å². The fourth-order valence-electron chi connectivity index (χ4n) is 5.82. The summed E-state index contributed by atoms with van der Waals surface area (Å²) >= 11 is 1.93. The Hall–Kier alpha value is -3.50. The molecule has 3 aromatic carbocycles. The van der Waals surface area contributed by atoms with E-state index >= 15 is 0 Å². The van der Waals surface area contributed by atoms with Gasteiger partial charge in [-0.1, -0.05) is 52.0 Å². The molecule has 4 heteroatoms. The van der Waals surface area contributed by atoms with Crippen molar-refractivity contribution in [2.45, 2.75) is 53.4 Å². The van der Waals surface area contributed by atoms with Crippen LogP contribution in [0.4, 0.5) is 0 Å². The molecule has 3 aromatic heterocycles. The van der Waals surface area contributed by atoms with Crippen LogP contribution in [0, 0.1) is 13.8 Å². The molecule has 0 amide bonds. The molecular formula is C33H34N3S+. The van der Waals surface area contributed by atoms with E-state index in [9.17, 15) is 0 Å². The highest BCUT2D eigenvalue weighted by molar-refractivity contribution is 7.26. The zero-order valence-electron chi connectivity index (χ0n) is 22.8. The Balaban J connectivity index is 1.88. The predicted molar refractivity (Wildman–Crippen MR) is 158 cm³/mol. The van der Waals surface area contributed by atoms with Crippen molar-refractivity contribution in [1.29, 1.82) is 0 Å². The van der Waals surface area contributed by atoms with Gasteiger partial charge in [-0.3, -0.25) is 4.98 Å². The van der Waals surface area contributed by atoms with Gasteiger partial charge in [0, 0.05) is 43.7 Å². The van der Waals surface area contributed by atoms with Crippen LogP contribution in [0.1, 0.15) is 61.8 Å². The third-order valence-electron chi connectivity index (χ3n) is 7.67. The summed E-state index contributed by atoms with van der Waals surface area (Å²) in [4.78, 5) is 4.55. The zero-order valence-corrected chi connectivity index (χ0v) is 23.6. The monoisotopic (exact) mass is 504 g/mol. The lowest BCUT2D eigenvalue weighted by Crippen LogP contribution is -2.30. The van der Waals surface area contributed by atoms with Gasteiger partial charge in [0.2, 0.25) is 0 Å². The van der Waals surface area contributed by atoms with Crippen LogP contribution in [-0.2, 0) is 7.05 Å². The standard InChI is InChI=1S/C33H34N3S/c1-19(2)24-17-25-23-10-8-9-11-29(23)37-32(25)30(20(3)4)31(24)36-28-16-21(5)12-13-27(28)35(7)33(36)26-18-34-15-14-22(26)6/h8-20H,1-7H3/q+1. The highest BCUT2D eigenvalue weighted by atomic mass is 32.1. The number of aromatic nitrogens is 3. The van der Waals surface area contributed by atoms with Crippen LogP contribution >= 0.6 is 11.3 Å². The number of thiophene rings is 1. The first-order valence-electron chi connectivity index (χ1n) is 13.2. The number of imidazole rings is 1. The molecule has 0 unspecified atom stereocenters. The topological polar surface area (TPSA) is 21.7 Å². The van der Waals surface area contributed by atoms with Crippen LogP contribution in [-0.4, -0.2) is 9.55 Å². The maximum Gasteiger partial charge on any atom is 0.296 e. The molecule has 0 saturated heterocycles. The molecule has 3 heterocycles. The summed E-state index contributed by atoms with van der Waals surface area (Å²) < 4.78 is 7.65. The molecule has 6 rings (SSSR count). The molecule has 0 atom stereocenters. The number of aryl methyl sites for hydroxylation is 3. The van der Waals surface area contributed by atoms with E-state index in [-0.39, 0.29) is 0 Å².